The summed E-state index contributed by atoms with van der Waals surface area (Å²) in [5.74, 6) is 0.764. The molecule has 21 heavy (non-hydrogen) atoms. The van der Waals surface area contributed by atoms with E-state index < -0.39 is 0 Å². The summed E-state index contributed by atoms with van der Waals surface area (Å²) in [5.41, 5.74) is 2.28. The van der Waals surface area contributed by atoms with Crippen LogP contribution in [0.25, 0.3) is 10.9 Å². The van der Waals surface area contributed by atoms with Gasteiger partial charge in [0.1, 0.15) is 0 Å². The maximum Gasteiger partial charge on any atom is 0.0722 e. The van der Waals surface area contributed by atoms with E-state index in [0.29, 0.717) is 6.04 Å². The highest BCUT2D eigenvalue weighted by Gasteiger charge is 2.23. The lowest BCUT2D eigenvalue weighted by Crippen LogP contribution is -2.39. The molecule has 0 saturated carbocycles. The predicted octanol–water partition coefficient (Wildman–Crippen LogP) is 3.77. The Balaban J connectivity index is 1.70. The molecule has 1 unspecified atom stereocenters. The van der Waals surface area contributed by atoms with Gasteiger partial charge in [-0.25, -0.2) is 0 Å². The van der Waals surface area contributed by atoms with Crippen LogP contribution in [0.5, 0.6) is 0 Å². The summed E-state index contributed by atoms with van der Waals surface area (Å²) in [5, 5.41) is 4.95. The van der Waals surface area contributed by atoms with Gasteiger partial charge in [-0.15, -0.1) is 0 Å². The van der Waals surface area contributed by atoms with Gasteiger partial charge in [0.25, 0.3) is 0 Å². The van der Waals surface area contributed by atoms with Gasteiger partial charge in [-0.1, -0.05) is 13.0 Å². The van der Waals surface area contributed by atoms with Crippen LogP contribution in [0.15, 0.2) is 36.5 Å². The molecule has 0 aliphatic carbocycles. The molecule has 3 nitrogen and oxygen atoms in total. The van der Waals surface area contributed by atoms with Crippen LogP contribution in [0.1, 0.15) is 26.7 Å². The molecule has 1 aliphatic rings. The Bertz CT molecular complexity index is 583. The van der Waals surface area contributed by atoms with E-state index in [9.17, 15) is 0 Å². The Hall–Kier alpha value is -1.61. The van der Waals surface area contributed by atoms with Crippen molar-refractivity contribution in [3.8, 4) is 0 Å². The average Bonchev–Trinajstić information content (AvgIpc) is 2.55. The number of hydrogen-bond donors (Lipinski definition) is 1. The summed E-state index contributed by atoms with van der Waals surface area (Å²) in [6.45, 7) is 8.24. The van der Waals surface area contributed by atoms with Crippen molar-refractivity contribution in [2.24, 2.45) is 5.92 Å². The second kappa shape index (κ2) is 6.44. The molecule has 1 aromatic heterocycles. The SMILES string of the molecule is CCN1CCC(C(C)Nc2cccc3ncccc23)CC1. The molecule has 3 rings (SSSR count). The summed E-state index contributed by atoms with van der Waals surface area (Å²) < 4.78 is 0. The molecule has 1 aromatic carbocycles. The highest BCUT2D eigenvalue weighted by atomic mass is 15.1. The fourth-order valence-corrected chi connectivity index (χ4v) is 3.36. The van der Waals surface area contributed by atoms with E-state index in [1.54, 1.807) is 0 Å². The fourth-order valence-electron chi connectivity index (χ4n) is 3.36. The van der Waals surface area contributed by atoms with Gasteiger partial charge in [0, 0.05) is 23.3 Å². The Morgan fingerprint density at radius 2 is 2.05 bits per heavy atom. The van der Waals surface area contributed by atoms with Gasteiger partial charge in [0.2, 0.25) is 0 Å². The van der Waals surface area contributed by atoms with Gasteiger partial charge in [-0.3, -0.25) is 4.98 Å². The van der Waals surface area contributed by atoms with Crippen LogP contribution in [0.4, 0.5) is 5.69 Å². The number of benzene rings is 1. The quantitative estimate of drug-likeness (QED) is 0.926. The minimum Gasteiger partial charge on any atom is -0.382 e. The molecule has 112 valence electrons. The monoisotopic (exact) mass is 283 g/mol. The molecule has 1 atom stereocenters. The average molecular weight is 283 g/mol. The van der Waals surface area contributed by atoms with E-state index in [-0.39, 0.29) is 0 Å². The van der Waals surface area contributed by atoms with Crippen molar-refractivity contribution in [1.29, 1.82) is 0 Å². The molecule has 2 heterocycles. The highest BCUT2D eigenvalue weighted by molar-refractivity contribution is 5.91. The van der Waals surface area contributed by atoms with Gasteiger partial charge in [-0.2, -0.15) is 0 Å². The Labute approximate surface area is 127 Å². The first-order valence-corrected chi connectivity index (χ1v) is 8.10. The number of pyridine rings is 1. The summed E-state index contributed by atoms with van der Waals surface area (Å²) in [7, 11) is 0. The normalized spacial score (nSPS) is 18.8. The van der Waals surface area contributed by atoms with Crippen molar-refractivity contribution in [3.05, 3.63) is 36.5 Å². The van der Waals surface area contributed by atoms with Gasteiger partial charge < -0.3 is 10.2 Å². The minimum absolute atomic E-state index is 0.509. The predicted molar refractivity (Wildman–Crippen MR) is 89.7 cm³/mol. The van der Waals surface area contributed by atoms with E-state index in [4.69, 9.17) is 0 Å². The first-order chi connectivity index (χ1) is 10.3. The number of hydrogen-bond acceptors (Lipinski definition) is 3. The molecule has 0 radical (unpaired) electrons. The van der Waals surface area contributed by atoms with Gasteiger partial charge in [0.15, 0.2) is 0 Å². The van der Waals surface area contributed by atoms with Crippen LogP contribution >= 0.6 is 0 Å². The lowest BCUT2D eigenvalue weighted by Gasteiger charge is -2.35. The van der Waals surface area contributed by atoms with Crippen LogP contribution in [0.3, 0.4) is 0 Å². The Morgan fingerprint density at radius 3 is 2.81 bits per heavy atom. The molecule has 0 amide bonds. The van der Waals surface area contributed by atoms with Crippen LogP contribution in [0.2, 0.25) is 0 Å². The van der Waals surface area contributed by atoms with E-state index in [2.05, 4.69) is 53.3 Å². The minimum atomic E-state index is 0.509. The lowest BCUT2D eigenvalue weighted by molar-refractivity contribution is 0.183. The number of rotatable bonds is 4. The van der Waals surface area contributed by atoms with Gasteiger partial charge in [-0.05, 0) is 69.6 Å². The topological polar surface area (TPSA) is 28.2 Å². The molecule has 1 N–H and O–H groups in total. The maximum atomic E-state index is 4.44. The third-order valence-corrected chi connectivity index (χ3v) is 4.82. The number of likely N-dealkylation sites (tertiary alicyclic amines) is 1. The zero-order chi connectivity index (χ0) is 14.7. The van der Waals surface area contributed by atoms with E-state index in [1.807, 2.05) is 12.3 Å². The second-order valence-corrected chi connectivity index (χ2v) is 6.08. The van der Waals surface area contributed by atoms with Gasteiger partial charge >= 0.3 is 0 Å². The number of nitrogens with zero attached hydrogens (tertiary/aromatic N) is 2. The number of piperidine rings is 1. The van der Waals surface area contributed by atoms with E-state index in [0.717, 1.165) is 11.4 Å². The van der Waals surface area contributed by atoms with Crippen molar-refractivity contribution >= 4 is 16.6 Å². The summed E-state index contributed by atoms with van der Waals surface area (Å²) in [4.78, 5) is 6.98. The van der Waals surface area contributed by atoms with Crippen molar-refractivity contribution in [1.82, 2.24) is 9.88 Å². The van der Waals surface area contributed by atoms with E-state index in [1.165, 1.54) is 43.5 Å². The third-order valence-electron chi connectivity index (χ3n) is 4.82. The van der Waals surface area contributed by atoms with Crippen LogP contribution in [-0.4, -0.2) is 35.6 Å². The van der Waals surface area contributed by atoms with E-state index >= 15 is 0 Å². The smallest absolute Gasteiger partial charge is 0.0722 e. The first kappa shape index (κ1) is 14.3. The van der Waals surface area contributed by atoms with Crippen LogP contribution in [-0.2, 0) is 0 Å². The number of fused-ring (bicyclic) bond motifs is 1. The zero-order valence-corrected chi connectivity index (χ0v) is 13.0. The molecular weight excluding hydrogens is 258 g/mol. The largest absolute Gasteiger partial charge is 0.382 e. The maximum absolute atomic E-state index is 4.44. The molecule has 1 saturated heterocycles. The van der Waals surface area contributed by atoms with Crippen molar-refractivity contribution in [2.75, 3.05) is 25.0 Å². The Morgan fingerprint density at radius 1 is 1.24 bits per heavy atom. The summed E-state index contributed by atoms with van der Waals surface area (Å²) in [6, 6.07) is 11.0. The number of aromatic nitrogens is 1. The van der Waals surface area contributed by atoms with Crippen molar-refractivity contribution < 1.29 is 0 Å². The second-order valence-electron chi connectivity index (χ2n) is 6.08. The molecule has 0 spiro atoms. The van der Waals surface area contributed by atoms with Crippen LogP contribution in [0, 0.1) is 5.92 Å². The molecule has 1 aliphatic heterocycles. The summed E-state index contributed by atoms with van der Waals surface area (Å²) >= 11 is 0. The zero-order valence-electron chi connectivity index (χ0n) is 13.0. The molecular formula is C18H25N3. The summed E-state index contributed by atoms with van der Waals surface area (Å²) in [6.07, 6.45) is 4.45. The van der Waals surface area contributed by atoms with Gasteiger partial charge in [0.05, 0.1) is 5.52 Å². The number of anilines is 1. The highest BCUT2D eigenvalue weighted by Crippen LogP contribution is 2.26. The van der Waals surface area contributed by atoms with Crippen LogP contribution < -0.4 is 5.32 Å². The number of nitrogens with one attached hydrogen (secondary N) is 1. The fraction of sp³-hybridized carbons (Fsp3) is 0.500. The van der Waals surface area contributed by atoms with Crippen molar-refractivity contribution in [2.45, 2.75) is 32.7 Å². The molecule has 2 aromatic rings. The Kier molecular flexibility index (Phi) is 4.39. The third kappa shape index (κ3) is 3.18. The first-order valence-electron chi connectivity index (χ1n) is 8.10. The molecule has 0 bridgehead atoms. The lowest BCUT2D eigenvalue weighted by atomic mass is 9.90. The molecule has 3 heteroatoms. The van der Waals surface area contributed by atoms with Crippen molar-refractivity contribution in [3.63, 3.8) is 0 Å². The standard InChI is InChI=1S/C18H25N3/c1-3-21-12-9-15(10-13-21)14(2)20-18-8-4-7-17-16(18)6-5-11-19-17/h4-8,11,14-15,20H,3,9-10,12-13H2,1-2H3. The molecule has 1 fully saturated rings.